The van der Waals surface area contributed by atoms with Crippen molar-refractivity contribution in [2.24, 2.45) is 0 Å². The number of carbonyl (C=O) groups excluding carboxylic acids is 1. The van der Waals surface area contributed by atoms with E-state index in [2.05, 4.69) is 5.32 Å². The van der Waals surface area contributed by atoms with Crippen molar-refractivity contribution in [1.29, 1.82) is 0 Å². The lowest BCUT2D eigenvalue weighted by atomic mass is 9.92. The van der Waals surface area contributed by atoms with E-state index in [4.69, 9.17) is 12.2 Å². The number of rotatable bonds is 3. The zero-order valence-corrected chi connectivity index (χ0v) is 12.6. The van der Waals surface area contributed by atoms with Gasteiger partial charge in [-0.15, -0.1) is 0 Å². The van der Waals surface area contributed by atoms with Crippen LogP contribution in [-0.4, -0.2) is 15.9 Å². The van der Waals surface area contributed by atoms with Crippen LogP contribution in [0.15, 0.2) is 60.7 Å². The molecule has 0 aromatic heterocycles. The number of benzene rings is 2. The zero-order chi connectivity index (χ0) is 14.9. The topological polar surface area (TPSA) is 32.3 Å². The van der Waals surface area contributed by atoms with Crippen LogP contribution < -0.4 is 5.32 Å². The second kappa shape index (κ2) is 5.30. The molecule has 1 aliphatic rings. The summed E-state index contributed by atoms with van der Waals surface area (Å²) in [6.07, 6.45) is 0. The van der Waals surface area contributed by atoms with Crippen LogP contribution in [0.4, 0.5) is 0 Å². The van der Waals surface area contributed by atoms with Gasteiger partial charge in [0.15, 0.2) is 5.11 Å². The van der Waals surface area contributed by atoms with E-state index in [0.29, 0.717) is 11.7 Å². The molecule has 0 spiro atoms. The number of carbonyl (C=O) groups is 1. The van der Waals surface area contributed by atoms with Crippen LogP contribution >= 0.6 is 12.2 Å². The van der Waals surface area contributed by atoms with Crippen LogP contribution in [0.25, 0.3) is 0 Å². The molecule has 2 aromatic rings. The number of thiocarbonyl (C=S) groups is 1. The summed E-state index contributed by atoms with van der Waals surface area (Å²) in [5, 5.41) is 3.66. The number of hydrogen-bond donors (Lipinski definition) is 1. The molecule has 106 valence electrons. The van der Waals surface area contributed by atoms with Gasteiger partial charge in [0.25, 0.3) is 5.91 Å². The highest BCUT2D eigenvalue weighted by molar-refractivity contribution is 7.80. The van der Waals surface area contributed by atoms with E-state index in [9.17, 15) is 4.79 Å². The van der Waals surface area contributed by atoms with E-state index in [1.165, 1.54) is 0 Å². The molecule has 0 aliphatic carbocycles. The molecule has 2 aromatic carbocycles. The average Bonchev–Trinajstić information content (AvgIpc) is 2.74. The normalized spacial score (nSPS) is 21.5. The molecular formula is C17H16N2OS. The number of nitrogens with zero attached hydrogens (tertiary/aromatic N) is 1. The molecule has 1 saturated heterocycles. The smallest absolute Gasteiger partial charge is 0.259 e. The molecule has 1 N–H and O–H groups in total. The molecule has 1 aliphatic heterocycles. The Kier molecular flexibility index (Phi) is 3.47. The highest BCUT2D eigenvalue weighted by Crippen LogP contribution is 2.29. The highest BCUT2D eigenvalue weighted by Gasteiger charge is 2.46. The van der Waals surface area contributed by atoms with E-state index in [-0.39, 0.29) is 5.91 Å². The number of nitrogens with one attached hydrogen (secondary N) is 1. The highest BCUT2D eigenvalue weighted by atomic mass is 32.1. The van der Waals surface area contributed by atoms with Gasteiger partial charge in [-0.3, -0.25) is 9.69 Å². The summed E-state index contributed by atoms with van der Waals surface area (Å²) in [5.41, 5.74) is 1.20. The predicted octanol–water partition coefficient (Wildman–Crippen LogP) is 2.82. The van der Waals surface area contributed by atoms with Gasteiger partial charge in [0, 0.05) is 0 Å². The largest absolute Gasteiger partial charge is 0.344 e. The van der Waals surface area contributed by atoms with Gasteiger partial charge in [-0.1, -0.05) is 60.7 Å². The van der Waals surface area contributed by atoms with Crippen LogP contribution in [0.1, 0.15) is 18.1 Å². The van der Waals surface area contributed by atoms with Crippen molar-refractivity contribution >= 4 is 23.2 Å². The summed E-state index contributed by atoms with van der Waals surface area (Å²) in [6, 6.07) is 19.6. The Balaban J connectivity index is 1.89. The van der Waals surface area contributed by atoms with Crippen LogP contribution in [0.2, 0.25) is 0 Å². The van der Waals surface area contributed by atoms with Crippen LogP contribution in [0.3, 0.4) is 0 Å². The maximum atomic E-state index is 12.8. The molecule has 1 unspecified atom stereocenters. The molecule has 1 heterocycles. The van der Waals surface area contributed by atoms with Gasteiger partial charge in [-0.05, 0) is 30.3 Å². The molecule has 0 bridgehead atoms. The van der Waals surface area contributed by atoms with Crippen molar-refractivity contribution in [2.75, 3.05) is 0 Å². The summed E-state index contributed by atoms with van der Waals surface area (Å²) in [6.45, 7) is 2.37. The molecule has 0 saturated carbocycles. The lowest BCUT2D eigenvalue weighted by molar-refractivity contribution is -0.131. The minimum absolute atomic E-state index is 0.0115. The van der Waals surface area contributed by atoms with Crippen molar-refractivity contribution in [3.63, 3.8) is 0 Å². The Hall–Kier alpha value is -2.20. The molecule has 3 rings (SSSR count). The van der Waals surface area contributed by atoms with Crippen molar-refractivity contribution in [3.8, 4) is 0 Å². The molecule has 1 amide bonds. The van der Waals surface area contributed by atoms with Crippen LogP contribution in [0.5, 0.6) is 0 Å². The fourth-order valence-electron chi connectivity index (χ4n) is 2.57. The summed E-state index contributed by atoms with van der Waals surface area (Å²) < 4.78 is 0. The van der Waals surface area contributed by atoms with Crippen LogP contribution in [0, 0.1) is 0 Å². The first kappa shape index (κ1) is 13.8. The van der Waals surface area contributed by atoms with Gasteiger partial charge in [-0.25, -0.2) is 0 Å². The first-order chi connectivity index (χ1) is 10.1. The molecule has 0 radical (unpaired) electrons. The second-order valence-electron chi connectivity index (χ2n) is 5.30. The van der Waals surface area contributed by atoms with E-state index in [1.54, 1.807) is 4.90 Å². The van der Waals surface area contributed by atoms with E-state index < -0.39 is 5.54 Å². The molecule has 1 atom stereocenters. The van der Waals surface area contributed by atoms with Gasteiger partial charge in [0.1, 0.15) is 5.54 Å². The maximum absolute atomic E-state index is 12.8. The van der Waals surface area contributed by atoms with Crippen molar-refractivity contribution in [2.45, 2.75) is 19.0 Å². The fourth-order valence-corrected chi connectivity index (χ4v) is 2.93. The summed E-state index contributed by atoms with van der Waals surface area (Å²) in [7, 11) is 0. The Morgan fingerprint density at radius 2 is 1.62 bits per heavy atom. The van der Waals surface area contributed by atoms with Crippen LogP contribution in [-0.2, 0) is 16.9 Å². The van der Waals surface area contributed by atoms with Gasteiger partial charge >= 0.3 is 0 Å². The molecule has 1 fully saturated rings. The first-order valence-corrected chi connectivity index (χ1v) is 7.25. The van der Waals surface area contributed by atoms with Crippen molar-refractivity contribution in [3.05, 3.63) is 71.8 Å². The first-order valence-electron chi connectivity index (χ1n) is 6.85. The van der Waals surface area contributed by atoms with Gasteiger partial charge in [-0.2, -0.15) is 0 Å². The predicted molar refractivity (Wildman–Crippen MR) is 86.5 cm³/mol. The Morgan fingerprint density at radius 1 is 1.05 bits per heavy atom. The zero-order valence-electron chi connectivity index (χ0n) is 11.7. The summed E-state index contributed by atoms with van der Waals surface area (Å²) in [5.74, 6) is -0.0115. The third kappa shape index (κ3) is 2.43. The summed E-state index contributed by atoms with van der Waals surface area (Å²) >= 11 is 5.36. The minimum Gasteiger partial charge on any atom is -0.344 e. The lowest BCUT2D eigenvalue weighted by Gasteiger charge is -2.22. The standard InChI is InChI=1S/C17H16N2OS/c1-17(14-10-6-3-7-11-14)15(20)19(16(21)18-17)12-13-8-4-2-5-9-13/h2-11H,12H2,1H3,(H,18,21). The molecule has 4 heteroatoms. The Morgan fingerprint density at radius 3 is 2.24 bits per heavy atom. The van der Waals surface area contributed by atoms with Gasteiger partial charge < -0.3 is 5.32 Å². The minimum atomic E-state index is -0.785. The Bertz CT molecular complexity index is 672. The lowest BCUT2D eigenvalue weighted by Crippen LogP contribution is -2.40. The second-order valence-corrected chi connectivity index (χ2v) is 5.68. The average molecular weight is 296 g/mol. The van der Waals surface area contributed by atoms with E-state index in [1.807, 2.05) is 67.6 Å². The third-order valence-corrected chi connectivity index (χ3v) is 4.13. The van der Waals surface area contributed by atoms with Crippen molar-refractivity contribution in [1.82, 2.24) is 10.2 Å². The Labute approximate surface area is 129 Å². The summed E-state index contributed by atoms with van der Waals surface area (Å²) in [4.78, 5) is 14.5. The maximum Gasteiger partial charge on any atom is 0.259 e. The quantitative estimate of drug-likeness (QED) is 0.884. The number of hydrogen-bond acceptors (Lipinski definition) is 2. The molecule has 21 heavy (non-hydrogen) atoms. The number of amides is 1. The van der Waals surface area contributed by atoms with Crippen molar-refractivity contribution < 1.29 is 4.79 Å². The third-order valence-electron chi connectivity index (χ3n) is 3.81. The van der Waals surface area contributed by atoms with E-state index in [0.717, 1.165) is 11.1 Å². The van der Waals surface area contributed by atoms with Gasteiger partial charge in [0.2, 0.25) is 0 Å². The molecule has 3 nitrogen and oxygen atoms in total. The van der Waals surface area contributed by atoms with E-state index >= 15 is 0 Å². The monoisotopic (exact) mass is 296 g/mol. The van der Waals surface area contributed by atoms with Gasteiger partial charge in [0.05, 0.1) is 6.54 Å². The molecular weight excluding hydrogens is 280 g/mol. The fraction of sp³-hybridized carbons (Fsp3) is 0.176. The SMILES string of the molecule is CC1(c2ccccc2)NC(=S)N(Cc2ccccc2)C1=O.